The monoisotopic (exact) mass is 385 g/mol. The Labute approximate surface area is 151 Å². The van der Waals surface area contributed by atoms with E-state index in [-0.39, 0.29) is 9.92 Å². The van der Waals surface area contributed by atoms with Crippen LogP contribution in [0.4, 0.5) is 5.69 Å². The highest BCUT2D eigenvalue weighted by atomic mass is 35.5. The van der Waals surface area contributed by atoms with Gasteiger partial charge in [-0.05, 0) is 67.1 Å². The molecule has 0 fully saturated rings. The predicted molar refractivity (Wildman–Crippen MR) is 96.9 cm³/mol. The number of nitrogens with one attached hydrogen (secondary N) is 1. The van der Waals surface area contributed by atoms with Gasteiger partial charge in [0.25, 0.3) is 10.0 Å². The summed E-state index contributed by atoms with van der Waals surface area (Å²) in [6.45, 7) is 0. The van der Waals surface area contributed by atoms with Gasteiger partial charge in [-0.15, -0.1) is 0 Å². The van der Waals surface area contributed by atoms with Crippen molar-refractivity contribution in [2.75, 3.05) is 11.8 Å². The molecule has 2 aromatic carbocycles. The lowest BCUT2D eigenvalue weighted by Crippen LogP contribution is -2.16. The predicted octanol–water partition coefficient (Wildman–Crippen LogP) is 4.68. The number of hydrogen-bond donors (Lipinski definition) is 1. The maximum absolute atomic E-state index is 12.8. The van der Waals surface area contributed by atoms with E-state index in [2.05, 4.69) is 4.72 Å². The molecule has 0 unspecified atom stereocenters. The van der Waals surface area contributed by atoms with Crippen LogP contribution in [0.1, 0.15) is 24.0 Å². The standard InChI is InChI=1S/C17H17Cl2NO3S/c1-23-16-8-11-4-2-3-5-12(11)9-17(16)24(21,22)20-13-6-7-14(18)15(19)10-13/h6-10,20H,2-5H2,1H3. The number of hydrogen-bond acceptors (Lipinski definition) is 3. The number of rotatable bonds is 4. The Hall–Kier alpha value is -1.43. The molecule has 3 rings (SSSR count). The average Bonchev–Trinajstić information content (AvgIpc) is 2.56. The molecular formula is C17H17Cl2NO3S. The van der Waals surface area contributed by atoms with Crippen molar-refractivity contribution in [3.05, 3.63) is 51.5 Å². The Kier molecular flexibility index (Phi) is 4.95. The molecule has 24 heavy (non-hydrogen) atoms. The SMILES string of the molecule is COc1cc2c(cc1S(=O)(=O)Nc1ccc(Cl)c(Cl)c1)CCCC2. The third kappa shape index (κ3) is 3.48. The summed E-state index contributed by atoms with van der Waals surface area (Å²) in [6, 6.07) is 8.14. The molecule has 0 aromatic heterocycles. The summed E-state index contributed by atoms with van der Waals surface area (Å²) >= 11 is 11.8. The number of methoxy groups -OCH3 is 1. The molecule has 0 heterocycles. The Morgan fingerprint density at radius 2 is 1.67 bits per heavy atom. The van der Waals surface area contributed by atoms with Crippen LogP contribution in [0.25, 0.3) is 0 Å². The van der Waals surface area contributed by atoms with Crippen molar-refractivity contribution in [3.8, 4) is 5.75 Å². The topological polar surface area (TPSA) is 55.4 Å². The number of anilines is 1. The van der Waals surface area contributed by atoms with Gasteiger partial charge in [0.15, 0.2) is 0 Å². The number of benzene rings is 2. The molecule has 0 amide bonds. The first kappa shape index (κ1) is 17.4. The molecule has 1 aliphatic carbocycles. The van der Waals surface area contributed by atoms with Gasteiger partial charge in [0.1, 0.15) is 10.6 Å². The van der Waals surface area contributed by atoms with Crippen molar-refractivity contribution in [2.45, 2.75) is 30.6 Å². The summed E-state index contributed by atoms with van der Waals surface area (Å²) in [5, 5.41) is 0.653. The minimum absolute atomic E-state index is 0.136. The maximum atomic E-state index is 12.8. The molecule has 4 nitrogen and oxygen atoms in total. The summed E-state index contributed by atoms with van der Waals surface area (Å²) in [5.41, 5.74) is 2.58. The molecule has 1 aliphatic rings. The summed E-state index contributed by atoms with van der Waals surface area (Å²) in [7, 11) is -2.32. The number of ether oxygens (including phenoxy) is 1. The molecule has 0 spiro atoms. The first-order valence-electron chi connectivity index (χ1n) is 7.58. The highest BCUT2D eigenvalue weighted by molar-refractivity contribution is 7.92. The van der Waals surface area contributed by atoms with Crippen molar-refractivity contribution in [1.82, 2.24) is 0 Å². The van der Waals surface area contributed by atoms with Gasteiger partial charge < -0.3 is 4.74 Å². The highest BCUT2D eigenvalue weighted by Crippen LogP contribution is 2.33. The zero-order valence-corrected chi connectivity index (χ0v) is 15.4. The quantitative estimate of drug-likeness (QED) is 0.830. The lowest BCUT2D eigenvalue weighted by molar-refractivity contribution is 0.401. The number of aryl methyl sites for hydroxylation is 2. The zero-order valence-electron chi connectivity index (χ0n) is 13.1. The molecule has 0 saturated heterocycles. The van der Waals surface area contributed by atoms with Gasteiger partial charge in [-0.25, -0.2) is 8.42 Å². The van der Waals surface area contributed by atoms with Crippen LogP contribution in [-0.2, 0) is 22.9 Å². The van der Waals surface area contributed by atoms with Gasteiger partial charge in [0.2, 0.25) is 0 Å². The fraction of sp³-hybridized carbons (Fsp3) is 0.294. The molecule has 1 N–H and O–H groups in total. The normalized spacial score (nSPS) is 14.1. The van der Waals surface area contributed by atoms with Crippen LogP contribution in [0.5, 0.6) is 5.75 Å². The minimum Gasteiger partial charge on any atom is -0.495 e. The van der Waals surface area contributed by atoms with Crippen molar-refractivity contribution in [1.29, 1.82) is 0 Å². The van der Waals surface area contributed by atoms with Gasteiger partial charge >= 0.3 is 0 Å². The van der Waals surface area contributed by atoms with E-state index in [4.69, 9.17) is 27.9 Å². The van der Waals surface area contributed by atoms with Crippen molar-refractivity contribution in [2.24, 2.45) is 0 Å². The second-order valence-corrected chi connectivity index (χ2v) is 8.18. The summed E-state index contributed by atoms with van der Waals surface area (Å²) < 4.78 is 33.4. The summed E-state index contributed by atoms with van der Waals surface area (Å²) in [5.74, 6) is 0.350. The lowest BCUT2D eigenvalue weighted by atomic mass is 9.92. The third-order valence-corrected chi connectivity index (χ3v) is 6.23. The molecule has 0 radical (unpaired) electrons. The number of halogens is 2. The molecule has 0 aliphatic heterocycles. The van der Waals surface area contributed by atoms with Crippen molar-refractivity contribution in [3.63, 3.8) is 0 Å². The molecule has 128 valence electrons. The van der Waals surface area contributed by atoms with E-state index in [0.717, 1.165) is 36.8 Å². The average molecular weight is 386 g/mol. The van der Waals surface area contributed by atoms with E-state index in [0.29, 0.717) is 16.5 Å². The fourth-order valence-electron chi connectivity index (χ4n) is 2.88. The second-order valence-electron chi connectivity index (χ2n) is 5.71. The van der Waals surface area contributed by atoms with E-state index in [1.807, 2.05) is 6.07 Å². The van der Waals surface area contributed by atoms with E-state index in [9.17, 15) is 8.42 Å². The van der Waals surface area contributed by atoms with Gasteiger partial charge in [0, 0.05) is 0 Å². The summed E-state index contributed by atoms with van der Waals surface area (Å²) in [4.78, 5) is 0.136. The van der Waals surface area contributed by atoms with Crippen LogP contribution >= 0.6 is 23.2 Å². The highest BCUT2D eigenvalue weighted by Gasteiger charge is 2.23. The number of sulfonamides is 1. The lowest BCUT2D eigenvalue weighted by Gasteiger charge is -2.19. The van der Waals surface area contributed by atoms with Gasteiger partial charge in [0.05, 0.1) is 22.8 Å². The molecule has 0 saturated carbocycles. The smallest absolute Gasteiger partial charge is 0.265 e. The van der Waals surface area contributed by atoms with Gasteiger partial charge in [-0.3, -0.25) is 4.72 Å². The van der Waals surface area contributed by atoms with Crippen molar-refractivity contribution < 1.29 is 13.2 Å². The molecule has 7 heteroatoms. The minimum atomic E-state index is -3.80. The zero-order chi connectivity index (χ0) is 17.3. The Morgan fingerprint density at radius 1 is 1.00 bits per heavy atom. The number of fused-ring (bicyclic) bond motifs is 1. The molecule has 2 aromatic rings. The van der Waals surface area contributed by atoms with E-state index in [1.165, 1.54) is 13.2 Å². The Balaban J connectivity index is 2.00. The van der Waals surface area contributed by atoms with Crippen LogP contribution in [-0.4, -0.2) is 15.5 Å². The van der Waals surface area contributed by atoms with E-state index < -0.39 is 10.0 Å². The summed E-state index contributed by atoms with van der Waals surface area (Å²) in [6.07, 6.45) is 4.02. The van der Waals surface area contributed by atoms with Gasteiger partial charge in [-0.1, -0.05) is 23.2 Å². The first-order chi connectivity index (χ1) is 11.4. The van der Waals surface area contributed by atoms with Crippen molar-refractivity contribution >= 4 is 38.9 Å². The molecule has 0 bridgehead atoms. The third-order valence-electron chi connectivity index (χ3n) is 4.09. The largest absolute Gasteiger partial charge is 0.495 e. The second kappa shape index (κ2) is 6.82. The first-order valence-corrected chi connectivity index (χ1v) is 9.82. The van der Waals surface area contributed by atoms with Crippen LogP contribution in [0.3, 0.4) is 0 Å². The van der Waals surface area contributed by atoms with Crippen LogP contribution < -0.4 is 9.46 Å². The Bertz CT molecular complexity index is 882. The van der Waals surface area contributed by atoms with Crippen LogP contribution in [0.15, 0.2) is 35.2 Å². The molecular weight excluding hydrogens is 369 g/mol. The van der Waals surface area contributed by atoms with Crippen LogP contribution in [0.2, 0.25) is 10.0 Å². The maximum Gasteiger partial charge on any atom is 0.265 e. The Morgan fingerprint density at radius 3 is 2.29 bits per heavy atom. The van der Waals surface area contributed by atoms with E-state index >= 15 is 0 Å². The molecule has 0 atom stereocenters. The van der Waals surface area contributed by atoms with Crippen LogP contribution in [0, 0.1) is 0 Å². The fourth-order valence-corrected chi connectivity index (χ4v) is 4.43. The van der Waals surface area contributed by atoms with Gasteiger partial charge in [-0.2, -0.15) is 0 Å². The van der Waals surface area contributed by atoms with E-state index in [1.54, 1.807) is 18.2 Å².